The Morgan fingerprint density at radius 2 is 1.92 bits per heavy atom. The molecule has 128 valence electrons. The molecule has 3 rings (SSSR count). The number of alkyl halides is 3. The van der Waals surface area contributed by atoms with Crippen molar-refractivity contribution in [3.63, 3.8) is 0 Å². The molecule has 1 aliphatic heterocycles. The summed E-state index contributed by atoms with van der Waals surface area (Å²) in [4.78, 5) is 12.4. The van der Waals surface area contributed by atoms with Gasteiger partial charge in [0.05, 0.1) is 12.3 Å². The van der Waals surface area contributed by atoms with Crippen molar-refractivity contribution in [2.75, 3.05) is 0 Å². The largest absolute Gasteiger partial charge is 0.434 e. The number of rotatable bonds is 2. The van der Waals surface area contributed by atoms with E-state index in [0.717, 1.165) is 7.05 Å². The monoisotopic (exact) mass is 360 g/mol. The molecule has 0 spiro atoms. The smallest absolute Gasteiger partial charge is 0.268 e. The first-order valence-corrected chi connectivity index (χ1v) is 8.30. The maximum absolute atomic E-state index is 13.1. The third-order valence-corrected chi connectivity index (χ3v) is 5.25. The van der Waals surface area contributed by atoms with Gasteiger partial charge in [-0.2, -0.15) is 13.2 Å². The third kappa shape index (κ3) is 2.64. The van der Waals surface area contributed by atoms with E-state index >= 15 is 0 Å². The molecule has 0 fully saturated rings. The number of halogens is 3. The second-order valence-corrected chi connectivity index (χ2v) is 7.12. The van der Waals surface area contributed by atoms with Crippen molar-refractivity contribution < 1.29 is 26.4 Å². The Morgan fingerprint density at radius 1 is 1.25 bits per heavy atom. The van der Waals surface area contributed by atoms with Crippen molar-refractivity contribution in [1.29, 1.82) is 0 Å². The minimum absolute atomic E-state index is 0.143. The van der Waals surface area contributed by atoms with Gasteiger partial charge in [-0.3, -0.25) is 4.79 Å². The van der Waals surface area contributed by atoms with E-state index in [-0.39, 0.29) is 5.56 Å². The zero-order valence-electron chi connectivity index (χ0n) is 12.3. The fourth-order valence-electron chi connectivity index (χ4n) is 2.55. The molecule has 0 N–H and O–H groups in total. The van der Waals surface area contributed by atoms with E-state index in [1.165, 1.54) is 12.1 Å². The summed E-state index contributed by atoms with van der Waals surface area (Å²) in [6.45, 7) is -0.821. The van der Waals surface area contributed by atoms with Gasteiger partial charge in [-0.1, -0.05) is 23.4 Å². The molecule has 1 amide bonds. The topological polar surface area (TPSA) is 85.2 Å². The zero-order chi connectivity index (χ0) is 17.7. The number of nitrogens with zero attached hydrogens (tertiary/aromatic N) is 4. The molecule has 0 aliphatic carbocycles. The van der Waals surface area contributed by atoms with Crippen molar-refractivity contribution in [3.8, 4) is 0 Å². The molecule has 0 atom stereocenters. The number of aryl methyl sites for hydroxylation is 1. The Kier molecular flexibility index (Phi) is 3.62. The van der Waals surface area contributed by atoms with Crippen LogP contribution in [0.2, 0.25) is 0 Å². The van der Waals surface area contributed by atoms with E-state index in [2.05, 4.69) is 10.3 Å². The fourth-order valence-corrected chi connectivity index (χ4v) is 4.02. The Labute approximate surface area is 134 Å². The van der Waals surface area contributed by atoms with Crippen molar-refractivity contribution in [1.82, 2.24) is 19.3 Å². The van der Waals surface area contributed by atoms with Crippen molar-refractivity contribution >= 4 is 15.9 Å². The second-order valence-electron chi connectivity index (χ2n) is 5.23. The van der Waals surface area contributed by atoms with Crippen LogP contribution in [0.15, 0.2) is 24.3 Å². The summed E-state index contributed by atoms with van der Waals surface area (Å²) < 4.78 is 64.7. The first kappa shape index (κ1) is 16.4. The molecule has 2 heterocycles. The molecule has 0 saturated carbocycles. The molecular formula is C13H11F3N4O3S. The normalized spacial score (nSPS) is 17.0. The maximum Gasteiger partial charge on any atom is 0.434 e. The zero-order valence-corrected chi connectivity index (χ0v) is 13.1. The Hall–Kier alpha value is -2.43. The lowest BCUT2D eigenvalue weighted by Crippen LogP contribution is -2.41. The molecule has 0 unspecified atom stereocenters. The van der Waals surface area contributed by atoms with Gasteiger partial charge >= 0.3 is 6.18 Å². The molecule has 1 aromatic carbocycles. The number of hydrogen-bond acceptors (Lipinski definition) is 5. The maximum atomic E-state index is 13.1. The van der Waals surface area contributed by atoms with Crippen LogP contribution >= 0.6 is 0 Å². The summed E-state index contributed by atoms with van der Waals surface area (Å²) in [5.74, 6) is -1.34. The van der Waals surface area contributed by atoms with Crippen LogP contribution in [0.1, 0.15) is 27.3 Å². The first-order valence-electron chi connectivity index (χ1n) is 6.69. The fraction of sp³-hybridized carbons (Fsp3) is 0.308. The van der Waals surface area contributed by atoms with Gasteiger partial charge < -0.3 is 0 Å². The van der Waals surface area contributed by atoms with Gasteiger partial charge in [0.25, 0.3) is 5.91 Å². The summed E-state index contributed by atoms with van der Waals surface area (Å²) in [5, 5.41) is 6.65. The van der Waals surface area contributed by atoms with Gasteiger partial charge in [0.15, 0.2) is 5.69 Å². The highest BCUT2D eigenvalue weighted by atomic mass is 32.2. The lowest BCUT2D eigenvalue weighted by Gasteiger charge is -2.27. The number of carbonyl (C=O) groups is 1. The van der Waals surface area contributed by atoms with Crippen LogP contribution in [-0.2, 0) is 35.5 Å². The van der Waals surface area contributed by atoms with Crippen LogP contribution in [0.25, 0.3) is 0 Å². The molecule has 1 aromatic heterocycles. The summed E-state index contributed by atoms with van der Waals surface area (Å²) in [6, 6.07) is 6.06. The van der Waals surface area contributed by atoms with Crippen molar-refractivity contribution in [2.24, 2.45) is 7.05 Å². The molecule has 7 nitrogen and oxygen atoms in total. The van der Waals surface area contributed by atoms with Crippen LogP contribution < -0.4 is 0 Å². The summed E-state index contributed by atoms with van der Waals surface area (Å²) in [7, 11) is -3.06. The Balaban J connectivity index is 2.04. The summed E-state index contributed by atoms with van der Waals surface area (Å²) in [5.41, 5.74) is -1.36. The van der Waals surface area contributed by atoms with Gasteiger partial charge in [-0.05, 0) is 11.6 Å². The summed E-state index contributed by atoms with van der Waals surface area (Å²) >= 11 is 0. The third-order valence-electron chi connectivity index (χ3n) is 3.61. The van der Waals surface area contributed by atoms with Crippen LogP contribution in [-0.4, -0.2) is 33.6 Å². The quantitative estimate of drug-likeness (QED) is 0.806. The Morgan fingerprint density at radius 3 is 2.58 bits per heavy atom. The van der Waals surface area contributed by atoms with Gasteiger partial charge in [-0.15, -0.1) is 5.10 Å². The van der Waals surface area contributed by atoms with E-state index in [0.29, 0.717) is 14.6 Å². The molecular weight excluding hydrogens is 349 g/mol. The van der Waals surface area contributed by atoms with E-state index in [1.807, 2.05) is 0 Å². The molecule has 0 saturated heterocycles. The number of aromatic nitrogens is 3. The predicted octanol–water partition coefficient (Wildman–Crippen LogP) is 1.32. The van der Waals surface area contributed by atoms with Crippen LogP contribution in [0, 0.1) is 0 Å². The first-order chi connectivity index (χ1) is 11.1. The molecule has 1 aliphatic rings. The Bertz CT molecular complexity index is 921. The molecule has 11 heteroatoms. The summed E-state index contributed by atoms with van der Waals surface area (Å²) in [6.07, 6.45) is -4.77. The van der Waals surface area contributed by atoms with Crippen LogP contribution in [0.5, 0.6) is 0 Å². The minimum atomic E-state index is -4.77. The van der Waals surface area contributed by atoms with E-state index in [1.54, 1.807) is 12.1 Å². The van der Waals surface area contributed by atoms with Crippen LogP contribution in [0.4, 0.5) is 13.2 Å². The van der Waals surface area contributed by atoms with Gasteiger partial charge in [0.2, 0.25) is 10.0 Å². The average Bonchev–Trinajstić information content (AvgIpc) is 2.84. The standard InChI is InChI=1S/C13H11F3N4O3S/c1-19-11(13(14,15)16)10(17-18-19)6-20-12(21)9-5-3-2-4-8(9)7-24(20,22)23/h2-5H,6-7H2,1H3. The van der Waals surface area contributed by atoms with Crippen molar-refractivity contribution in [2.45, 2.75) is 18.5 Å². The molecule has 0 bridgehead atoms. The number of benzene rings is 1. The van der Waals surface area contributed by atoms with E-state index in [9.17, 15) is 26.4 Å². The van der Waals surface area contributed by atoms with Gasteiger partial charge in [0, 0.05) is 12.6 Å². The predicted molar refractivity (Wildman–Crippen MR) is 74.9 cm³/mol. The van der Waals surface area contributed by atoms with E-state index in [4.69, 9.17) is 0 Å². The van der Waals surface area contributed by atoms with Gasteiger partial charge in [0.1, 0.15) is 5.69 Å². The highest BCUT2D eigenvalue weighted by Gasteiger charge is 2.42. The number of carbonyl (C=O) groups excluding carboxylic acids is 1. The lowest BCUT2D eigenvalue weighted by molar-refractivity contribution is -0.144. The highest BCUT2D eigenvalue weighted by Crippen LogP contribution is 2.33. The lowest BCUT2D eigenvalue weighted by atomic mass is 10.1. The van der Waals surface area contributed by atoms with E-state index < -0.39 is 45.8 Å². The SMILES string of the molecule is Cn1nnc(CN2C(=O)c3ccccc3CS2(=O)=O)c1C(F)(F)F. The number of amides is 1. The average molecular weight is 360 g/mol. The van der Waals surface area contributed by atoms with Crippen molar-refractivity contribution in [3.05, 3.63) is 46.8 Å². The molecule has 2 aromatic rings. The number of sulfonamides is 1. The second kappa shape index (κ2) is 5.30. The van der Waals surface area contributed by atoms with Gasteiger partial charge in [-0.25, -0.2) is 17.4 Å². The highest BCUT2D eigenvalue weighted by molar-refractivity contribution is 7.89. The van der Waals surface area contributed by atoms with Crippen LogP contribution in [0.3, 0.4) is 0 Å². The molecule has 24 heavy (non-hydrogen) atoms. The molecule has 0 radical (unpaired) electrons. The number of hydrogen-bond donors (Lipinski definition) is 0. The number of fused-ring (bicyclic) bond motifs is 1. The minimum Gasteiger partial charge on any atom is -0.268 e.